The third-order valence-corrected chi connectivity index (χ3v) is 3.18. The van der Waals surface area contributed by atoms with Gasteiger partial charge in [0.15, 0.2) is 0 Å². The summed E-state index contributed by atoms with van der Waals surface area (Å²) in [7, 11) is 0. The lowest BCUT2D eigenvalue weighted by Gasteiger charge is -2.16. The second-order valence-corrected chi connectivity index (χ2v) is 4.74. The zero-order chi connectivity index (χ0) is 12.3. The van der Waals surface area contributed by atoms with Crippen molar-refractivity contribution in [3.05, 3.63) is 24.2 Å². The van der Waals surface area contributed by atoms with Gasteiger partial charge >= 0.3 is 0 Å². The Labute approximate surface area is 106 Å². The number of hydrogen-bond donors (Lipinski definition) is 1. The third kappa shape index (κ3) is 6.52. The molecule has 0 bridgehead atoms. The maximum atomic E-state index is 5.42. The highest BCUT2D eigenvalue weighted by atomic mass is 16.3. The first kappa shape index (κ1) is 14.3. The molecule has 0 aromatic carbocycles. The fourth-order valence-corrected chi connectivity index (χ4v) is 2.23. The monoisotopic (exact) mass is 237 g/mol. The van der Waals surface area contributed by atoms with Crippen LogP contribution in [0.1, 0.15) is 58.1 Å². The highest BCUT2D eigenvalue weighted by Crippen LogP contribution is 2.11. The van der Waals surface area contributed by atoms with Crippen molar-refractivity contribution >= 4 is 0 Å². The molecule has 0 saturated carbocycles. The van der Waals surface area contributed by atoms with Crippen molar-refractivity contribution in [1.29, 1.82) is 0 Å². The fraction of sp³-hybridized carbons (Fsp3) is 0.733. The Bertz CT molecular complexity index is 256. The van der Waals surface area contributed by atoms with Gasteiger partial charge in [0, 0.05) is 12.5 Å². The summed E-state index contributed by atoms with van der Waals surface area (Å²) < 4.78 is 5.42. The number of furan rings is 1. The van der Waals surface area contributed by atoms with Crippen LogP contribution in [0.15, 0.2) is 22.8 Å². The van der Waals surface area contributed by atoms with Gasteiger partial charge in [-0.05, 0) is 25.1 Å². The molecule has 1 atom stereocenters. The van der Waals surface area contributed by atoms with Crippen LogP contribution in [0.4, 0.5) is 0 Å². The molecule has 0 fully saturated rings. The molecule has 17 heavy (non-hydrogen) atoms. The highest BCUT2D eigenvalue weighted by Gasteiger charge is 2.09. The maximum absolute atomic E-state index is 5.42. The molecule has 0 saturated heterocycles. The van der Waals surface area contributed by atoms with Gasteiger partial charge in [-0.2, -0.15) is 0 Å². The first-order chi connectivity index (χ1) is 8.36. The Morgan fingerprint density at radius 3 is 2.65 bits per heavy atom. The molecular weight excluding hydrogens is 210 g/mol. The van der Waals surface area contributed by atoms with Gasteiger partial charge in [-0.25, -0.2) is 0 Å². The second-order valence-electron chi connectivity index (χ2n) is 4.74. The van der Waals surface area contributed by atoms with E-state index in [4.69, 9.17) is 4.42 Å². The van der Waals surface area contributed by atoms with Crippen LogP contribution >= 0.6 is 0 Å². The minimum absolute atomic E-state index is 0.577. The molecular formula is C15H27NO. The first-order valence-corrected chi connectivity index (χ1v) is 7.12. The number of likely N-dealkylation sites (N-methyl/N-ethyl adjacent to an activating group) is 1. The maximum Gasteiger partial charge on any atom is 0.105 e. The molecule has 0 spiro atoms. The molecule has 0 aliphatic heterocycles. The Morgan fingerprint density at radius 1 is 1.18 bits per heavy atom. The number of nitrogens with one attached hydrogen (secondary N) is 1. The quantitative estimate of drug-likeness (QED) is 0.618. The van der Waals surface area contributed by atoms with E-state index in [2.05, 4.69) is 25.2 Å². The van der Waals surface area contributed by atoms with Gasteiger partial charge in [0.05, 0.1) is 6.26 Å². The van der Waals surface area contributed by atoms with Gasteiger partial charge in [-0.3, -0.25) is 0 Å². The first-order valence-electron chi connectivity index (χ1n) is 7.12. The molecule has 1 aromatic heterocycles. The summed E-state index contributed by atoms with van der Waals surface area (Å²) >= 11 is 0. The van der Waals surface area contributed by atoms with Gasteiger partial charge < -0.3 is 9.73 Å². The van der Waals surface area contributed by atoms with Crippen LogP contribution in [0, 0.1) is 0 Å². The third-order valence-electron chi connectivity index (χ3n) is 3.18. The van der Waals surface area contributed by atoms with Crippen LogP contribution in [-0.4, -0.2) is 12.6 Å². The summed E-state index contributed by atoms with van der Waals surface area (Å²) in [5.41, 5.74) is 0. The average Bonchev–Trinajstić information content (AvgIpc) is 2.82. The molecule has 2 nitrogen and oxygen atoms in total. The molecule has 1 unspecified atom stereocenters. The van der Waals surface area contributed by atoms with Crippen LogP contribution < -0.4 is 5.32 Å². The second kappa shape index (κ2) is 9.29. The Balaban J connectivity index is 2.18. The zero-order valence-electron chi connectivity index (χ0n) is 11.4. The zero-order valence-corrected chi connectivity index (χ0v) is 11.4. The van der Waals surface area contributed by atoms with Gasteiger partial charge in [0.25, 0.3) is 0 Å². The van der Waals surface area contributed by atoms with E-state index in [9.17, 15) is 0 Å². The van der Waals surface area contributed by atoms with Crippen LogP contribution in [0.2, 0.25) is 0 Å². The average molecular weight is 237 g/mol. The number of rotatable bonds is 10. The van der Waals surface area contributed by atoms with Crippen molar-refractivity contribution in [1.82, 2.24) is 5.32 Å². The van der Waals surface area contributed by atoms with Crippen molar-refractivity contribution in [3.8, 4) is 0 Å². The predicted octanol–water partition coefficient (Wildman–Crippen LogP) is 4.16. The number of hydrogen-bond acceptors (Lipinski definition) is 2. The van der Waals surface area contributed by atoms with E-state index < -0.39 is 0 Å². The summed E-state index contributed by atoms with van der Waals surface area (Å²) in [4.78, 5) is 0. The Kier molecular flexibility index (Phi) is 7.81. The molecule has 1 heterocycles. The topological polar surface area (TPSA) is 25.2 Å². The molecule has 0 aliphatic carbocycles. The van der Waals surface area contributed by atoms with Crippen LogP contribution in [0.25, 0.3) is 0 Å². The van der Waals surface area contributed by atoms with Gasteiger partial charge in [-0.1, -0.05) is 46.0 Å². The molecule has 0 amide bonds. The van der Waals surface area contributed by atoms with E-state index in [1.54, 1.807) is 6.26 Å². The minimum Gasteiger partial charge on any atom is -0.469 e. The SMILES string of the molecule is CCCCCCCC(Cc1ccco1)NCC. The summed E-state index contributed by atoms with van der Waals surface area (Å²) in [6, 6.07) is 4.62. The van der Waals surface area contributed by atoms with E-state index in [-0.39, 0.29) is 0 Å². The molecule has 0 aliphatic rings. The van der Waals surface area contributed by atoms with Crippen LogP contribution in [0.3, 0.4) is 0 Å². The number of unbranched alkanes of at least 4 members (excludes halogenated alkanes) is 4. The normalized spacial score (nSPS) is 12.8. The van der Waals surface area contributed by atoms with Crippen molar-refractivity contribution in [2.45, 2.75) is 64.8 Å². The van der Waals surface area contributed by atoms with Crippen molar-refractivity contribution in [2.75, 3.05) is 6.54 Å². The van der Waals surface area contributed by atoms with Crippen molar-refractivity contribution < 1.29 is 4.42 Å². The molecule has 2 heteroatoms. The highest BCUT2D eigenvalue weighted by molar-refractivity contribution is 5.00. The van der Waals surface area contributed by atoms with Gasteiger partial charge in [-0.15, -0.1) is 0 Å². The van der Waals surface area contributed by atoms with E-state index >= 15 is 0 Å². The summed E-state index contributed by atoms with van der Waals surface area (Å²) in [6.07, 6.45) is 10.8. The predicted molar refractivity (Wildman–Crippen MR) is 73.3 cm³/mol. The van der Waals surface area contributed by atoms with E-state index in [0.717, 1.165) is 18.7 Å². The van der Waals surface area contributed by atoms with Crippen LogP contribution in [0.5, 0.6) is 0 Å². The minimum atomic E-state index is 0.577. The smallest absolute Gasteiger partial charge is 0.105 e. The van der Waals surface area contributed by atoms with E-state index in [0.29, 0.717) is 6.04 Å². The van der Waals surface area contributed by atoms with Crippen LogP contribution in [-0.2, 0) is 6.42 Å². The summed E-state index contributed by atoms with van der Waals surface area (Å²) in [5, 5.41) is 3.55. The molecule has 98 valence electrons. The molecule has 1 rings (SSSR count). The lowest BCUT2D eigenvalue weighted by atomic mass is 10.0. The lowest BCUT2D eigenvalue weighted by Crippen LogP contribution is -2.30. The van der Waals surface area contributed by atoms with E-state index in [1.165, 1.54) is 38.5 Å². The molecule has 0 radical (unpaired) electrons. The largest absolute Gasteiger partial charge is 0.469 e. The Morgan fingerprint density at radius 2 is 2.00 bits per heavy atom. The van der Waals surface area contributed by atoms with Crippen molar-refractivity contribution in [3.63, 3.8) is 0 Å². The summed E-state index contributed by atoms with van der Waals surface area (Å²) in [5.74, 6) is 1.10. The Hall–Kier alpha value is -0.760. The lowest BCUT2D eigenvalue weighted by molar-refractivity contribution is 0.416. The van der Waals surface area contributed by atoms with Gasteiger partial charge in [0.1, 0.15) is 5.76 Å². The summed E-state index contributed by atoms with van der Waals surface area (Å²) in [6.45, 7) is 5.48. The van der Waals surface area contributed by atoms with Gasteiger partial charge in [0.2, 0.25) is 0 Å². The van der Waals surface area contributed by atoms with Crippen molar-refractivity contribution in [2.24, 2.45) is 0 Å². The standard InChI is InChI=1S/C15H27NO/c1-3-5-6-7-8-10-14(16-4-2)13-15-11-9-12-17-15/h9,11-12,14,16H,3-8,10,13H2,1-2H3. The molecule has 1 aromatic rings. The van der Waals surface area contributed by atoms with E-state index in [1.807, 2.05) is 6.07 Å². The molecule has 1 N–H and O–H groups in total. The fourth-order valence-electron chi connectivity index (χ4n) is 2.23.